The summed E-state index contributed by atoms with van der Waals surface area (Å²) >= 11 is 0. The van der Waals surface area contributed by atoms with Gasteiger partial charge in [0.2, 0.25) is 5.91 Å². The Hall–Kier alpha value is -5.18. The first-order chi connectivity index (χ1) is 17.3. The van der Waals surface area contributed by atoms with Gasteiger partial charge in [0, 0.05) is 23.7 Å². The van der Waals surface area contributed by atoms with Crippen molar-refractivity contribution >= 4 is 34.9 Å². The number of benzene rings is 3. The Kier molecular flexibility index (Phi) is 7.29. The van der Waals surface area contributed by atoms with E-state index in [1.807, 2.05) is 0 Å². The number of anilines is 2. The van der Waals surface area contributed by atoms with Crippen LogP contribution in [-0.2, 0) is 15.8 Å². The maximum absolute atomic E-state index is 14.0. The van der Waals surface area contributed by atoms with E-state index in [0.29, 0.717) is 6.07 Å². The van der Waals surface area contributed by atoms with Crippen LogP contribution in [0.5, 0.6) is 5.75 Å². The molecule has 0 saturated heterocycles. The standard InChI is InChI=1S/C25H17F3N4O5/c1-12(33)31-19-5-3-2-4-14(19)15-10-21(34)17(9-18(15)25(26,27)28)22(30)23(35)32-20-7-6-13(11-29)8-16(20)24(36)37/h2-10,30,34H,1H3,(H,31,33)(H,32,35)(H,36,37). The lowest BCUT2D eigenvalue weighted by atomic mass is 9.93. The summed E-state index contributed by atoms with van der Waals surface area (Å²) in [5.74, 6) is -4.17. The third-order valence-corrected chi connectivity index (χ3v) is 5.09. The first-order valence-electron chi connectivity index (χ1n) is 10.3. The number of amides is 2. The predicted molar refractivity (Wildman–Crippen MR) is 126 cm³/mol. The van der Waals surface area contributed by atoms with Crippen LogP contribution >= 0.6 is 0 Å². The van der Waals surface area contributed by atoms with Crippen molar-refractivity contribution in [1.29, 1.82) is 10.7 Å². The Labute approximate surface area is 207 Å². The molecule has 0 unspecified atom stereocenters. The molecule has 9 nitrogen and oxygen atoms in total. The van der Waals surface area contributed by atoms with Crippen molar-refractivity contribution in [3.05, 3.63) is 76.9 Å². The van der Waals surface area contributed by atoms with Gasteiger partial charge in [-0.3, -0.25) is 15.0 Å². The van der Waals surface area contributed by atoms with E-state index in [1.165, 1.54) is 37.3 Å². The highest BCUT2D eigenvalue weighted by Gasteiger charge is 2.36. The molecule has 0 aliphatic carbocycles. The van der Waals surface area contributed by atoms with E-state index in [2.05, 4.69) is 10.6 Å². The summed E-state index contributed by atoms with van der Waals surface area (Å²) < 4.78 is 42.1. The number of hydrogen-bond acceptors (Lipinski definition) is 6. The van der Waals surface area contributed by atoms with Crippen molar-refractivity contribution in [3.8, 4) is 22.9 Å². The molecule has 5 N–H and O–H groups in total. The lowest BCUT2D eigenvalue weighted by Gasteiger charge is -2.19. The van der Waals surface area contributed by atoms with Crippen LogP contribution in [0.15, 0.2) is 54.6 Å². The molecular formula is C25H17F3N4O5. The van der Waals surface area contributed by atoms with Crippen LogP contribution in [-0.4, -0.2) is 33.7 Å². The van der Waals surface area contributed by atoms with Gasteiger partial charge >= 0.3 is 12.1 Å². The van der Waals surface area contributed by atoms with Gasteiger partial charge in [0.05, 0.1) is 28.4 Å². The summed E-state index contributed by atoms with van der Waals surface area (Å²) in [6, 6.07) is 11.7. The van der Waals surface area contributed by atoms with Crippen LogP contribution in [0.25, 0.3) is 11.1 Å². The molecule has 0 atom stereocenters. The smallest absolute Gasteiger partial charge is 0.417 e. The maximum Gasteiger partial charge on any atom is 0.417 e. The van der Waals surface area contributed by atoms with Crippen molar-refractivity contribution in [2.75, 3.05) is 10.6 Å². The highest BCUT2D eigenvalue weighted by molar-refractivity contribution is 6.48. The molecule has 3 aromatic rings. The molecule has 0 aromatic heterocycles. The van der Waals surface area contributed by atoms with Gasteiger partial charge in [0.25, 0.3) is 5.91 Å². The van der Waals surface area contributed by atoms with Crippen LogP contribution in [0.3, 0.4) is 0 Å². The van der Waals surface area contributed by atoms with Gasteiger partial charge in [-0.15, -0.1) is 0 Å². The summed E-state index contributed by atoms with van der Waals surface area (Å²) in [7, 11) is 0. The normalized spacial score (nSPS) is 10.8. The number of aromatic carboxylic acids is 1. The Bertz CT molecular complexity index is 1490. The first kappa shape index (κ1) is 26.4. The monoisotopic (exact) mass is 510 g/mol. The Balaban J connectivity index is 2.07. The van der Waals surface area contributed by atoms with Gasteiger partial charge in [-0.05, 0) is 42.0 Å². The van der Waals surface area contributed by atoms with Crippen LogP contribution in [0.2, 0.25) is 0 Å². The Morgan fingerprint density at radius 2 is 1.62 bits per heavy atom. The number of rotatable bonds is 6. The summed E-state index contributed by atoms with van der Waals surface area (Å²) in [5.41, 5.74) is -4.47. The second kappa shape index (κ2) is 10.2. The highest BCUT2D eigenvalue weighted by Crippen LogP contribution is 2.42. The van der Waals surface area contributed by atoms with E-state index >= 15 is 0 Å². The minimum Gasteiger partial charge on any atom is -0.507 e. The number of nitrogens with zero attached hydrogens (tertiary/aromatic N) is 1. The van der Waals surface area contributed by atoms with E-state index in [4.69, 9.17) is 10.7 Å². The number of carboxylic acid groups (broad SMARTS) is 1. The summed E-state index contributed by atoms with van der Waals surface area (Å²) in [5, 5.41) is 41.4. The number of hydrogen-bond donors (Lipinski definition) is 5. The Morgan fingerprint density at radius 1 is 0.946 bits per heavy atom. The van der Waals surface area contributed by atoms with E-state index in [1.54, 1.807) is 6.07 Å². The fraction of sp³-hybridized carbons (Fsp3) is 0.0800. The van der Waals surface area contributed by atoms with Crippen molar-refractivity contribution in [3.63, 3.8) is 0 Å². The number of carbonyl (C=O) groups is 3. The molecule has 0 bridgehead atoms. The molecule has 37 heavy (non-hydrogen) atoms. The van der Waals surface area contributed by atoms with Gasteiger partial charge in [-0.25, -0.2) is 4.79 Å². The number of carboxylic acids is 1. The minimum absolute atomic E-state index is 0.0203. The number of nitrogens with one attached hydrogen (secondary N) is 3. The van der Waals surface area contributed by atoms with Crippen LogP contribution in [0, 0.1) is 16.7 Å². The quantitative estimate of drug-likeness (QED) is 0.304. The predicted octanol–water partition coefficient (Wildman–Crippen LogP) is 4.61. The SMILES string of the molecule is CC(=O)Nc1ccccc1-c1cc(O)c(C(=N)C(=O)Nc2ccc(C#N)cc2C(=O)O)cc1C(F)(F)F. The molecule has 3 aromatic carbocycles. The minimum atomic E-state index is -4.98. The zero-order valence-electron chi connectivity index (χ0n) is 18.9. The lowest BCUT2D eigenvalue weighted by molar-refractivity contribution is -0.137. The third kappa shape index (κ3) is 5.73. The molecule has 0 spiro atoms. The van der Waals surface area contributed by atoms with E-state index < -0.39 is 57.7 Å². The summed E-state index contributed by atoms with van der Waals surface area (Å²) in [4.78, 5) is 35.6. The molecule has 2 amide bonds. The largest absolute Gasteiger partial charge is 0.507 e. The molecule has 0 saturated carbocycles. The molecule has 12 heteroatoms. The lowest BCUT2D eigenvalue weighted by Crippen LogP contribution is -2.25. The molecule has 0 heterocycles. The van der Waals surface area contributed by atoms with Gasteiger partial charge in [0.1, 0.15) is 11.5 Å². The van der Waals surface area contributed by atoms with Gasteiger partial charge < -0.3 is 20.8 Å². The Morgan fingerprint density at radius 3 is 2.22 bits per heavy atom. The summed E-state index contributed by atoms with van der Waals surface area (Å²) in [6.45, 7) is 1.17. The molecule has 188 valence electrons. The summed E-state index contributed by atoms with van der Waals surface area (Å²) in [6.07, 6.45) is -4.98. The van der Waals surface area contributed by atoms with E-state index in [0.717, 1.165) is 18.2 Å². The van der Waals surface area contributed by atoms with Crippen molar-refractivity contribution in [1.82, 2.24) is 0 Å². The van der Waals surface area contributed by atoms with Crippen LogP contribution in [0.4, 0.5) is 24.5 Å². The number of nitriles is 1. The van der Waals surface area contributed by atoms with Crippen molar-refractivity contribution in [2.24, 2.45) is 0 Å². The van der Waals surface area contributed by atoms with Crippen LogP contribution in [0.1, 0.15) is 34.0 Å². The number of phenolic OH excluding ortho intramolecular Hbond substituents is 1. The van der Waals surface area contributed by atoms with Crippen LogP contribution < -0.4 is 10.6 Å². The van der Waals surface area contributed by atoms with E-state index in [-0.39, 0.29) is 22.5 Å². The number of carbonyl (C=O) groups excluding carboxylic acids is 2. The van der Waals surface area contributed by atoms with Crippen molar-refractivity contribution in [2.45, 2.75) is 13.1 Å². The average Bonchev–Trinajstić information content (AvgIpc) is 2.82. The molecule has 0 fully saturated rings. The molecular weight excluding hydrogens is 493 g/mol. The molecule has 0 aliphatic heterocycles. The molecule has 0 aliphatic rings. The third-order valence-electron chi connectivity index (χ3n) is 5.09. The molecule has 3 rings (SSSR count). The number of alkyl halides is 3. The van der Waals surface area contributed by atoms with Gasteiger partial charge in [0.15, 0.2) is 0 Å². The van der Waals surface area contributed by atoms with Gasteiger partial charge in [-0.1, -0.05) is 18.2 Å². The first-order valence-corrected chi connectivity index (χ1v) is 10.3. The average molecular weight is 510 g/mol. The van der Waals surface area contributed by atoms with E-state index in [9.17, 15) is 37.8 Å². The second-order valence-corrected chi connectivity index (χ2v) is 7.65. The second-order valence-electron chi connectivity index (χ2n) is 7.65. The highest BCUT2D eigenvalue weighted by atomic mass is 19.4. The maximum atomic E-state index is 14.0. The topological polar surface area (TPSA) is 163 Å². The zero-order chi connectivity index (χ0) is 27.5. The molecule has 0 radical (unpaired) electrons. The van der Waals surface area contributed by atoms with Crippen molar-refractivity contribution < 1.29 is 37.8 Å². The fourth-order valence-electron chi connectivity index (χ4n) is 3.47. The fourth-order valence-corrected chi connectivity index (χ4v) is 3.47. The number of halogens is 3. The number of para-hydroxylation sites is 1. The number of phenols is 1. The zero-order valence-corrected chi connectivity index (χ0v) is 18.9. The number of aromatic hydroxyl groups is 1. The van der Waals surface area contributed by atoms with Gasteiger partial charge in [-0.2, -0.15) is 18.4 Å².